The average molecular weight is 1240 g/mol. The SMILES string of the molecule is C=C(C)C(=O)Oc1ccc(-c2ccc(N(c3ccccc3)c3cccc(C)c3)cc2)cc1.C=CC(=O)Oc1ccc(-c2ccc(N(c3cccc(C)c3)c3cccc(C)c3)cc2)cc1.C=CC(=O)Oc1ccc(-c2ccc(N(c3ccccc3)c3cccc(C)c3)cc2)cc1. The number of benzene rings is 12. The van der Waals surface area contributed by atoms with Gasteiger partial charge in [0.1, 0.15) is 17.2 Å². The first-order valence-electron chi connectivity index (χ1n) is 31.1. The maximum absolute atomic E-state index is 11.7. The fraction of sp³-hybridized carbons (Fsp3) is 0.0581. The van der Waals surface area contributed by atoms with Crippen molar-refractivity contribution in [1.29, 1.82) is 0 Å². The zero-order chi connectivity index (χ0) is 66.6. The Bertz CT molecular complexity index is 4540. The van der Waals surface area contributed by atoms with Crippen molar-refractivity contribution in [2.45, 2.75) is 34.6 Å². The Balaban J connectivity index is 0.000000155. The molecule has 0 aliphatic heterocycles. The van der Waals surface area contributed by atoms with E-state index in [0.29, 0.717) is 22.8 Å². The molecule has 12 aromatic carbocycles. The zero-order valence-electron chi connectivity index (χ0n) is 53.9. The quantitative estimate of drug-likeness (QED) is 0.0473. The summed E-state index contributed by atoms with van der Waals surface area (Å²) in [5.41, 5.74) is 21.6. The lowest BCUT2D eigenvalue weighted by Crippen LogP contribution is -2.10. The van der Waals surface area contributed by atoms with E-state index in [4.69, 9.17) is 14.2 Å². The van der Waals surface area contributed by atoms with Crippen molar-refractivity contribution in [2.24, 2.45) is 0 Å². The van der Waals surface area contributed by atoms with Crippen LogP contribution in [-0.4, -0.2) is 17.9 Å². The van der Waals surface area contributed by atoms with Gasteiger partial charge in [-0.05, 0) is 236 Å². The number of hydrogen-bond donors (Lipinski definition) is 0. The molecule has 0 atom stereocenters. The fourth-order valence-corrected chi connectivity index (χ4v) is 10.6. The molecule has 0 heterocycles. The van der Waals surface area contributed by atoms with Crippen molar-refractivity contribution in [3.8, 4) is 50.6 Å². The smallest absolute Gasteiger partial charge is 0.338 e. The van der Waals surface area contributed by atoms with Crippen molar-refractivity contribution in [1.82, 2.24) is 0 Å². The second kappa shape index (κ2) is 31.6. The lowest BCUT2D eigenvalue weighted by atomic mass is 10.0. The molecule has 12 rings (SSSR count). The number of nitrogens with zero attached hydrogens (tertiary/aromatic N) is 3. The Hall–Kier alpha value is -12.3. The van der Waals surface area contributed by atoms with Crippen LogP contribution in [0.5, 0.6) is 17.2 Å². The van der Waals surface area contributed by atoms with Gasteiger partial charge in [0.15, 0.2) is 0 Å². The molecule has 0 aliphatic rings. The third-order valence-corrected chi connectivity index (χ3v) is 15.3. The summed E-state index contributed by atoms with van der Waals surface area (Å²) in [6.45, 7) is 20.5. The van der Waals surface area contributed by atoms with Crippen LogP contribution in [0.2, 0.25) is 0 Å². The summed E-state index contributed by atoms with van der Waals surface area (Å²) in [6.07, 6.45) is 2.31. The van der Waals surface area contributed by atoms with Gasteiger partial charge in [0, 0.05) is 68.9 Å². The molecule has 0 amide bonds. The number of ether oxygens (including phenoxy) is 3. The lowest BCUT2D eigenvalue weighted by Gasteiger charge is -2.26. The largest absolute Gasteiger partial charge is 0.423 e. The molecular formula is C86H73N3O6. The minimum atomic E-state index is -0.464. The minimum Gasteiger partial charge on any atom is -0.423 e. The number of anilines is 9. The van der Waals surface area contributed by atoms with Crippen LogP contribution >= 0.6 is 0 Å². The maximum atomic E-state index is 11.7. The Morgan fingerprint density at radius 2 is 0.505 bits per heavy atom. The molecule has 0 N–H and O–H groups in total. The van der Waals surface area contributed by atoms with Crippen LogP contribution in [0.1, 0.15) is 29.2 Å². The number of carbonyl (C=O) groups is 3. The lowest BCUT2D eigenvalue weighted by molar-refractivity contribution is -0.130. The molecule has 0 saturated heterocycles. The van der Waals surface area contributed by atoms with Crippen molar-refractivity contribution >= 4 is 69.1 Å². The molecule has 0 aromatic heterocycles. The van der Waals surface area contributed by atoms with Gasteiger partial charge in [-0.25, -0.2) is 14.4 Å². The average Bonchev–Trinajstić information content (AvgIpc) is 0.857. The highest BCUT2D eigenvalue weighted by Gasteiger charge is 2.17. The van der Waals surface area contributed by atoms with Gasteiger partial charge in [-0.2, -0.15) is 0 Å². The third-order valence-electron chi connectivity index (χ3n) is 15.3. The van der Waals surface area contributed by atoms with E-state index in [1.165, 1.54) is 22.3 Å². The summed E-state index contributed by atoms with van der Waals surface area (Å²) in [4.78, 5) is 41.2. The van der Waals surface area contributed by atoms with Gasteiger partial charge in [0.05, 0.1) is 0 Å². The second-order valence-electron chi connectivity index (χ2n) is 22.7. The monoisotopic (exact) mass is 1240 g/mol. The van der Waals surface area contributed by atoms with E-state index < -0.39 is 17.9 Å². The van der Waals surface area contributed by atoms with Gasteiger partial charge < -0.3 is 28.9 Å². The molecule has 95 heavy (non-hydrogen) atoms. The van der Waals surface area contributed by atoms with Crippen molar-refractivity contribution < 1.29 is 28.6 Å². The van der Waals surface area contributed by atoms with Crippen LogP contribution in [0.15, 0.2) is 341 Å². The predicted octanol–water partition coefficient (Wildman–Crippen LogP) is 22.4. The Labute approximate surface area is 557 Å². The van der Waals surface area contributed by atoms with Gasteiger partial charge in [-0.15, -0.1) is 0 Å². The topological polar surface area (TPSA) is 88.6 Å². The second-order valence-corrected chi connectivity index (χ2v) is 22.7. The van der Waals surface area contributed by atoms with E-state index in [2.05, 4.69) is 268 Å². The highest BCUT2D eigenvalue weighted by atomic mass is 16.5. The van der Waals surface area contributed by atoms with Crippen molar-refractivity contribution in [3.63, 3.8) is 0 Å². The molecule has 12 aromatic rings. The summed E-state index contributed by atoms with van der Waals surface area (Å²) in [7, 11) is 0. The minimum absolute atomic E-state index is 0.376. The first-order chi connectivity index (χ1) is 46.2. The normalized spacial score (nSPS) is 10.4. The number of aryl methyl sites for hydroxylation is 4. The Morgan fingerprint density at radius 1 is 0.284 bits per heavy atom. The van der Waals surface area contributed by atoms with Gasteiger partial charge in [-0.1, -0.05) is 177 Å². The summed E-state index contributed by atoms with van der Waals surface area (Å²) in [5, 5.41) is 0. The molecule has 9 nitrogen and oxygen atoms in total. The summed E-state index contributed by atoms with van der Waals surface area (Å²) < 4.78 is 15.6. The fourth-order valence-electron chi connectivity index (χ4n) is 10.6. The van der Waals surface area contributed by atoms with Crippen LogP contribution in [0.3, 0.4) is 0 Å². The first-order valence-corrected chi connectivity index (χ1v) is 31.1. The standard InChI is InChI=1S/2C29H25NO2.C28H23NO2/c1-21(2)29(31)32-28-18-14-24(15-19-28)23-12-16-26(17-13-23)30(25-9-5-4-6-10-25)27-11-7-8-22(3)20-27;1-4-29(31)32-28-17-13-24(14-18-28)23-11-15-25(16-12-23)30(26-9-5-7-21(2)19-26)27-10-6-8-22(3)20-27;1-3-28(30)31-27-18-14-23(15-19-27)22-12-16-25(17-13-22)29(24-9-5-4-6-10-24)26-11-7-8-21(2)20-26/h2*4-20H,1H2,2-3H3;3-20H,1H2,2H3. The summed E-state index contributed by atoms with van der Waals surface area (Å²) in [5.74, 6) is 0.163. The van der Waals surface area contributed by atoms with Crippen LogP contribution in [0.4, 0.5) is 51.2 Å². The van der Waals surface area contributed by atoms with E-state index >= 15 is 0 Å². The predicted molar refractivity (Wildman–Crippen MR) is 391 cm³/mol. The van der Waals surface area contributed by atoms with Gasteiger partial charge >= 0.3 is 17.9 Å². The van der Waals surface area contributed by atoms with E-state index in [9.17, 15) is 14.4 Å². The molecule has 0 spiro atoms. The molecule has 0 fully saturated rings. The van der Waals surface area contributed by atoms with Crippen LogP contribution in [-0.2, 0) is 14.4 Å². The summed E-state index contributed by atoms with van der Waals surface area (Å²) in [6, 6.07) is 103. The Kier molecular flexibility index (Phi) is 21.8. The van der Waals surface area contributed by atoms with Gasteiger partial charge in [-0.3, -0.25) is 0 Å². The molecule has 0 aliphatic carbocycles. The molecule has 0 unspecified atom stereocenters. The highest BCUT2D eigenvalue weighted by molar-refractivity contribution is 5.89. The molecule has 9 heteroatoms. The molecule has 468 valence electrons. The number of esters is 3. The number of hydrogen-bond acceptors (Lipinski definition) is 9. The van der Waals surface area contributed by atoms with Crippen LogP contribution in [0.25, 0.3) is 33.4 Å². The van der Waals surface area contributed by atoms with Crippen molar-refractivity contribution in [3.05, 3.63) is 363 Å². The number of rotatable bonds is 18. The maximum Gasteiger partial charge on any atom is 0.338 e. The van der Waals surface area contributed by atoms with Crippen LogP contribution < -0.4 is 28.9 Å². The van der Waals surface area contributed by atoms with Gasteiger partial charge in [0.25, 0.3) is 0 Å². The summed E-state index contributed by atoms with van der Waals surface area (Å²) >= 11 is 0. The molecule has 0 saturated carbocycles. The first kappa shape index (κ1) is 65.6. The number of carbonyl (C=O) groups excluding carboxylic acids is 3. The van der Waals surface area contributed by atoms with E-state index in [0.717, 1.165) is 96.7 Å². The van der Waals surface area contributed by atoms with Crippen molar-refractivity contribution in [2.75, 3.05) is 14.7 Å². The molecule has 0 radical (unpaired) electrons. The van der Waals surface area contributed by atoms with E-state index in [-0.39, 0.29) is 0 Å². The number of para-hydroxylation sites is 2. The van der Waals surface area contributed by atoms with Gasteiger partial charge in [0.2, 0.25) is 0 Å². The highest BCUT2D eigenvalue weighted by Crippen LogP contribution is 2.40. The van der Waals surface area contributed by atoms with E-state index in [1.807, 2.05) is 60.7 Å². The third kappa shape index (κ3) is 17.6. The van der Waals surface area contributed by atoms with E-state index in [1.54, 1.807) is 43.3 Å². The molecule has 0 bridgehead atoms. The zero-order valence-corrected chi connectivity index (χ0v) is 53.9. The van der Waals surface area contributed by atoms with Crippen LogP contribution in [0, 0.1) is 27.7 Å². The molecular weight excluding hydrogens is 1170 g/mol. The Morgan fingerprint density at radius 3 is 0.747 bits per heavy atom.